The van der Waals surface area contributed by atoms with Crippen molar-refractivity contribution in [3.05, 3.63) is 16.9 Å². The van der Waals surface area contributed by atoms with Gasteiger partial charge >= 0.3 is 0 Å². The molecule has 0 aliphatic carbocycles. The Balaban J connectivity index is 3.01. The van der Waals surface area contributed by atoms with Crippen molar-refractivity contribution < 1.29 is 4.39 Å². The lowest BCUT2D eigenvalue weighted by Crippen LogP contribution is -2.22. The minimum Gasteiger partial charge on any atom is -0.397 e. The second-order valence-electron chi connectivity index (χ2n) is 3.76. The maximum atomic E-state index is 13.9. The Morgan fingerprint density at radius 2 is 2.12 bits per heavy atom. The molecule has 1 aromatic carbocycles. The van der Waals surface area contributed by atoms with Gasteiger partial charge < -0.3 is 16.8 Å². The molecule has 0 radical (unpaired) electrons. The first-order chi connectivity index (χ1) is 8.01. The van der Waals surface area contributed by atoms with Crippen LogP contribution in [0.15, 0.2) is 6.07 Å². The van der Waals surface area contributed by atoms with Gasteiger partial charge in [0.05, 0.1) is 17.1 Å². The maximum Gasteiger partial charge on any atom is 0.169 e. The molecule has 3 nitrogen and oxygen atoms in total. The molecule has 0 saturated heterocycles. The van der Waals surface area contributed by atoms with Gasteiger partial charge in [0.15, 0.2) is 5.82 Å². The Kier molecular flexibility index (Phi) is 5.21. The number of anilines is 3. The van der Waals surface area contributed by atoms with E-state index in [2.05, 4.69) is 5.32 Å². The van der Waals surface area contributed by atoms with E-state index in [1.807, 2.05) is 13.2 Å². The van der Waals surface area contributed by atoms with Crippen LogP contribution in [0.3, 0.4) is 0 Å². The molecule has 96 valence electrons. The van der Waals surface area contributed by atoms with Gasteiger partial charge in [-0.1, -0.05) is 18.5 Å². The number of rotatable bonds is 5. The van der Waals surface area contributed by atoms with Crippen LogP contribution in [0.1, 0.15) is 13.3 Å². The number of nitrogens with one attached hydrogen (secondary N) is 1. The van der Waals surface area contributed by atoms with Crippen molar-refractivity contribution in [2.24, 2.45) is 0 Å². The molecule has 5 N–H and O–H groups in total. The summed E-state index contributed by atoms with van der Waals surface area (Å²) in [4.78, 5) is 0. The van der Waals surface area contributed by atoms with Crippen molar-refractivity contribution in [2.45, 2.75) is 19.4 Å². The predicted octanol–water partition coefficient (Wildman–Crippen LogP) is 3.20. The first-order valence-corrected chi connectivity index (χ1v) is 7.06. The normalized spacial score (nSPS) is 12.5. The van der Waals surface area contributed by atoms with Gasteiger partial charge in [0.2, 0.25) is 0 Å². The van der Waals surface area contributed by atoms with E-state index in [9.17, 15) is 4.39 Å². The van der Waals surface area contributed by atoms with E-state index in [0.717, 1.165) is 12.2 Å². The molecule has 0 spiro atoms. The van der Waals surface area contributed by atoms with Gasteiger partial charge in [0.25, 0.3) is 0 Å². The molecule has 1 atom stereocenters. The number of benzene rings is 1. The molecule has 1 rings (SSSR count). The quantitative estimate of drug-likeness (QED) is 0.723. The van der Waals surface area contributed by atoms with Crippen LogP contribution < -0.4 is 16.8 Å². The van der Waals surface area contributed by atoms with Crippen molar-refractivity contribution in [3.8, 4) is 0 Å². The molecule has 0 heterocycles. The smallest absolute Gasteiger partial charge is 0.169 e. The molecular weight excluding hydrogens is 261 g/mol. The van der Waals surface area contributed by atoms with Gasteiger partial charge in [0, 0.05) is 11.8 Å². The Bertz CT molecular complexity index is 401. The molecule has 1 unspecified atom stereocenters. The third kappa shape index (κ3) is 3.33. The molecule has 0 fully saturated rings. The van der Waals surface area contributed by atoms with E-state index in [-0.39, 0.29) is 28.1 Å². The summed E-state index contributed by atoms with van der Waals surface area (Å²) in [6.45, 7) is 2.03. The highest BCUT2D eigenvalue weighted by Gasteiger charge is 2.16. The number of nitrogens with two attached hydrogens (primary N) is 2. The highest BCUT2D eigenvalue weighted by molar-refractivity contribution is 7.98. The summed E-state index contributed by atoms with van der Waals surface area (Å²) in [5.41, 5.74) is 12.0. The summed E-state index contributed by atoms with van der Waals surface area (Å²) in [6, 6.07) is 1.63. The number of hydrogen-bond acceptors (Lipinski definition) is 4. The lowest BCUT2D eigenvalue weighted by atomic mass is 10.2. The third-order valence-corrected chi connectivity index (χ3v) is 3.59. The number of hydrogen-bond donors (Lipinski definition) is 3. The van der Waals surface area contributed by atoms with Crippen LogP contribution in [-0.4, -0.2) is 18.1 Å². The Labute approximate surface area is 110 Å². The van der Waals surface area contributed by atoms with E-state index >= 15 is 0 Å². The van der Waals surface area contributed by atoms with Crippen LogP contribution in [0, 0.1) is 5.82 Å². The fraction of sp³-hybridized carbons (Fsp3) is 0.455. The fourth-order valence-electron chi connectivity index (χ4n) is 1.48. The first-order valence-electron chi connectivity index (χ1n) is 5.29. The van der Waals surface area contributed by atoms with Gasteiger partial charge in [-0.05, 0) is 18.7 Å². The molecule has 0 saturated carbocycles. The van der Waals surface area contributed by atoms with Gasteiger partial charge in [-0.15, -0.1) is 0 Å². The molecule has 6 heteroatoms. The Morgan fingerprint density at radius 3 is 2.65 bits per heavy atom. The highest BCUT2D eigenvalue weighted by atomic mass is 35.5. The monoisotopic (exact) mass is 277 g/mol. The Hall–Kier alpha value is -0.810. The lowest BCUT2D eigenvalue weighted by molar-refractivity contribution is 0.627. The van der Waals surface area contributed by atoms with Crippen molar-refractivity contribution in [1.82, 2.24) is 0 Å². The first kappa shape index (κ1) is 14.3. The minimum atomic E-state index is -0.580. The van der Waals surface area contributed by atoms with Crippen LogP contribution >= 0.6 is 23.4 Å². The van der Waals surface area contributed by atoms with E-state index in [0.29, 0.717) is 0 Å². The van der Waals surface area contributed by atoms with Gasteiger partial charge in [0.1, 0.15) is 5.02 Å². The zero-order valence-corrected chi connectivity index (χ0v) is 11.5. The van der Waals surface area contributed by atoms with E-state index in [1.54, 1.807) is 11.8 Å². The molecule has 0 aromatic heterocycles. The summed E-state index contributed by atoms with van der Waals surface area (Å²) in [6.07, 6.45) is 2.88. The van der Waals surface area contributed by atoms with Crippen LogP contribution in [0.5, 0.6) is 0 Å². The van der Waals surface area contributed by atoms with Gasteiger partial charge in [-0.25, -0.2) is 4.39 Å². The summed E-state index contributed by atoms with van der Waals surface area (Å²) in [5.74, 6) is 0.293. The molecule has 0 amide bonds. The van der Waals surface area contributed by atoms with Crippen molar-refractivity contribution >= 4 is 40.4 Å². The van der Waals surface area contributed by atoms with E-state index in [1.165, 1.54) is 6.07 Å². The average molecular weight is 278 g/mol. The number of thioether (sulfide) groups is 1. The average Bonchev–Trinajstić information content (AvgIpc) is 2.30. The summed E-state index contributed by atoms with van der Waals surface area (Å²) < 4.78 is 13.9. The number of nitrogen functional groups attached to an aromatic ring is 2. The highest BCUT2D eigenvalue weighted by Crippen LogP contribution is 2.34. The molecule has 0 aliphatic rings. The van der Waals surface area contributed by atoms with Crippen molar-refractivity contribution in [2.75, 3.05) is 28.8 Å². The van der Waals surface area contributed by atoms with Crippen LogP contribution in [-0.2, 0) is 0 Å². The molecule has 1 aromatic rings. The summed E-state index contributed by atoms with van der Waals surface area (Å²) in [7, 11) is 0. The van der Waals surface area contributed by atoms with Gasteiger partial charge in [-0.3, -0.25) is 0 Å². The zero-order chi connectivity index (χ0) is 13.0. The van der Waals surface area contributed by atoms with Crippen molar-refractivity contribution in [1.29, 1.82) is 0 Å². The largest absolute Gasteiger partial charge is 0.397 e. The second kappa shape index (κ2) is 6.21. The SMILES string of the molecule is CCC(CSC)Nc1c(N)cc(N)c(Cl)c1F. The number of halogens is 2. The van der Waals surface area contributed by atoms with Crippen LogP contribution in [0.4, 0.5) is 21.5 Å². The van der Waals surface area contributed by atoms with E-state index < -0.39 is 5.82 Å². The third-order valence-electron chi connectivity index (χ3n) is 2.47. The molecule has 17 heavy (non-hydrogen) atoms. The summed E-state index contributed by atoms with van der Waals surface area (Å²) >= 11 is 7.45. The van der Waals surface area contributed by atoms with Gasteiger partial charge in [-0.2, -0.15) is 11.8 Å². The molecule has 0 aliphatic heterocycles. The second-order valence-corrected chi connectivity index (χ2v) is 5.05. The summed E-state index contributed by atoms with van der Waals surface area (Å²) in [5, 5.41) is 2.99. The maximum absolute atomic E-state index is 13.9. The van der Waals surface area contributed by atoms with E-state index in [4.69, 9.17) is 23.1 Å². The molecule has 0 bridgehead atoms. The molecular formula is C11H17ClFN3S. The van der Waals surface area contributed by atoms with Crippen LogP contribution in [0.25, 0.3) is 0 Å². The minimum absolute atomic E-state index is 0.0827. The lowest BCUT2D eigenvalue weighted by Gasteiger charge is -2.20. The van der Waals surface area contributed by atoms with Crippen molar-refractivity contribution in [3.63, 3.8) is 0 Å². The standard InChI is InChI=1S/C11H17ClFN3S/c1-3-6(5-17-2)16-11-8(15)4-7(14)9(12)10(11)13/h4,6,16H,3,5,14-15H2,1-2H3. The van der Waals surface area contributed by atoms with Crippen LogP contribution in [0.2, 0.25) is 5.02 Å². The predicted molar refractivity (Wildman–Crippen MR) is 76.3 cm³/mol. The Morgan fingerprint density at radius 1 is 1.47 bits per heavy atom. The fourth-order valence-corrected chi connectivity index (χ4v) is 2.35. The zero-order valence-electron chi connectivity index (χ0n) is 9.89. The topological polar surface area (TPSA) is 64.1 Å².